The average Bonchev–Trinajstić information content (AvgIpc) is 2.82. The zero-order chi connectivity index (χ0) is 15.1. The lowest BCUT2D eigenvalue weighted by Crippen LogP contribution is -1.97. The fourth-order valence-corrected chi connectivity index (χ4v) is 2.78. The van der Waals surface area contributed by atoms with Crippen molar-refractivity contribution in [3.8, 4) is 6.07 Å². The molecule has 0 fully saturated rings. The molecule has 21 heavy (non-hydrogen) atoms. The molecule has 2 aromatic rings. The molecule has 0 N–H and O–H groups in total. The number of hydrogen-bond donors (Lipinski definition) is 0. The Hall–Kier alpha value is -1.82. The zero-order valence-corrected chi connectivity index (χ0v) is 13.2. The molecule has 1 heterocycles. The van der Waals surface area contributed by atoms with Gasteiger partial charge < -0.3 is 4.57 Å². The molecule has 112 valence electrons. The largest absolute Gasteiger partial charge is 0.331 e. The van der Waals surface area contributed by atoms with Crippen LogP contribution in [-0.2, 0) is 13.5 Å². The smallest absolute Gasteiger partial charge is 0.109 e. The van der Waals surface area contributed by atoms with Crippen molar-refractivity contribution >= 4 is 11.0 Å². The summed E-state index contributed by atoms with van der Waals surface area (Å²) in [5.74, 6) is 1.13. The van der Waals surface area contributed by atoms with Crippen LogP contribution in [0.3, 0.4) is 0 Å². The summed E-state index contributed by atoms with van der Waals surface area (Å²) < 4.78 is 2.16. The molecule has 0 aliphatic carbocycles. The number of fused-ring (bicyclic) bond motifs is 1. The molecule has 1 aromatic heterocycles. The van der Waals surface area contributed by atoms with Crippen LogP contribution in [-0.4, -0.2) is 9.55 Å². The molecule has 0 unspecified atom stereocenters. The van der Waals surface area contributed by atoms with Crippen LogP contribution in [0.2, 0.25) is 0 Å². The molecule has 1 aromatic carbocycles. The standard InChI is InChI=1S/C18H25N3/c1-3-4-5-6-7-8-9-10-18-20-16-13-15(14-19)11-12-17(16)21(18)2/h11-13H,3-10H2,1-2H3. The second-order valence-electron chi connectivity index (χ2n) is 5.77. The van der Waals surface area contributed by atoms with Gasteiger partial charge in [0.2, 0.25) is 0 Å². The average molecular weight is 283 g/mol. The Morgan fingerprint density at radius 2 is 1.81 bits per heavy atom. The van der Waals surface area contributed by atoms with Gasteiger partial charge in [0.05, 0.1) is 22.7 Å². The van der Waals surface area contributed by atoms with Crippen LogP contribution >= 0.6 is 0 Å². The van der Waals surface area contributed by atoms with Crippen molar-refractivity contribution in [2.45, 2.75) is 58.3 Å². The van der Waals surface area contributed by atoms with E-state index in [9.17, 15) is 0 Å². The number of nitriles is 1. The molecule has 0 aliphatic heterocycles. The summed E-state index contributed by atoms with van der Waals surface area (Å²) in [5, 5.41) is 8.95. The van der Waals surface area contributed by atoms with Crippen molar-refractivity contribution in [2.75, 3.05) is 0 Å². The van der Waals surface area contributed by atoms with Gasteiger partial charge >= 0.3 is 0 Å². The Morgan fingerprint density at radius 1 is 1.10 bits per heavy atom. The van der Waals surface area contributed by atoms with E-state index in [1.165, 1.54) is 44.9 Å². The normalized spacial score (nSPS) is 10.9. The topological polar surface area (TPSA) is 41.6 Å². The molecule has 0 atom stereocenters. The van der Waals surface area contributed by atoms with Gasteiger partial charge in [-0.15, -0.1) is 0 Å². The van der Waals surface area contributed by atoms with E-state index >= 15 is 0 Å². The van der Waals surface area contributed by atoms with Crippen LogP contribution in [0.4, 0.5) is 0 Å². The van der Waals surface area contributed by atoms with Crippen molar-refractivity contribution in [3.63, 3.8) is 0 Å². The highest BCUT2D eigenvalue weighted by molar-refractivity contribution is 5.77. The third-order valence-electron chi connectivity index (χ3n) is 4.11. The lowest BCUT2D eigenvalue weighted by molar-refractivity contribution is 0.581. The predicted octanol–water partition coefficient (Wildman–Crippen LogP) is 4.74. The number of rotatable bonds is 8. The molecule has 0 aliphatic rings. The highest BCUT2D eigenvalue weighted by atomic mass is 15.1. The van der Waals surface area contributed by atoms with Crippen molar-refractivity contribution < 1.29 is 0 Å². The van der Waals surface area contributed by atoms with Gasteiger partial charge in [-0.1, -0.05) is 45.4 Å². The quantitative estimate of drug-likeness (QED) is 0.657. The fraction of sp³-hybridized carbons (Fsp3) is 0.556. The van der Waals surface area contributed by atoms with Gasteiger partial charge in [-0.25, -0.2) is 4.98 Å². The molecule has 0 spiro atoms. The summed E-state index contributed by atoms with van der Waals surface area (Å²) in [4.78, 5) is 4.68. The van der Waals surface area contributed by atoms with Crippen LogP contribution in [0, 0.1) is 11.3 Å². The van der Waals surface area contributed by atoms with Crippen molar-refractivity contribution in [2.24, 2.45) is 7.05 Å². The SMILES string of the molecule is CCCCCCCCCc1nc2cc(C#N)ccc2n1C. The summed E-state index contributed by atoms with van der Waals surface area (Å²) in [6.07, 6.45) is 10.3. The van der Waals surface area contributed by atoms with Gasteiger partial charge in [-0.05, 0) is 24.6 Å². The number of benzene rings is 1. The Kier molecular flexibility index (Phi) is 5.80. The van der Waals surface area contributed by atoms with Gasteiger partial charge in [0.1, 0.15) is 5.82 Å². The zero-order valence-electron chi connectivity index (χ0n) is 13.2. The first kappa shape index (κ1) is 15.6. The molecule has 0 saturated carbocycles. The molecule has 3 heteroatoms. The second kappa shape index (κ2) is 7.83. The summed E-state index contributed by atoms with van der Waals surface area (Å²) in [7, 11) is 2.07. The van der Waals surface area contributed by atoms with E-state index in [1.54, 1.807) is 0 Å². The van der Waals surface area contributed by atoms with E-state index in [4.69, 9.17) is 5.26 Å². The monoisotopic (exact) mass is 283 g/mol. The van der Waals surface area contributed by atoms with E-state index in [0.29, 0.717) is 5.56 Å². The number of unbranched alkanes of at least 4 members (excludes halogenated alkanes) is 6. The lowest BCUT2D eigenvalue weighted by Gasteiger charge is -2.03. The molecule has 0 radical (unpaired) electrons. The van der Waals surface area contributed by atoms with Crippen molar-refractivity contribution in [1.29, 1.82) is 5.26 Å². The van der Waals surface area contributed by atoms with E-state index in [1.807, 2.05) is 18.2 Å². The number of nitrogens with zero attached hydrogens (tertiary/aromatic N) is 3. The fourth-order valence-electron chi connectivity index (χ4n) is 2.78. The van der Waals surface area contributed by atoms with E-state index in [0.717, 1.165) is 23.3 Å². The number of imidazole rings is 1. The number of hydrogen-bond acceptors (Lipinski definition) is 2. The summed E-state index contributed by atoms with van der Waals surface area (Å²) in [6.45, 7) is 2.25. The van der Waals surface area contributed by atoms with Gasteiger partial charge in [-0.3, -0.25) is 0 Å². The van der Waals surface area contributed by atoms with Crippen LogP contribution in [0.25, 0.3) is 11.0 Å². The molecule has 2 rings (SSSR count). The summed E-state index contributed by atoms with van der Waals surface area (Å²) in [5.41, 5.74) is 2.74. The summed E-state index contributed by atoms with van der Waals surface area (Å²) >= 11 is 0. The predicted molar refractivity (Wildman–Crippen MR) is 87.1 cm³/mol. The second-order valence-corrected chi connectivity index (χ2v) is 5.77. The first-order valence-corrected chi connectivity index (χ1v) is 8.11. The summed E-state index contributed by atoms with van der Waals surface area (Å²) in [6, 6.07) is 7.91. The van der Waals surface area contributed by atoms with Gasteiger partial charge in [0, 0.05) is 13.5 Å². The van der Waals surface area contributed by atoms with Crippen LogP contribution in [0.5, 0.6) is 0 Å². The van der Waals surface area contributed by atoms with Crippen molar-refractivity contribution in [1.82, 2.24) is 9.55 Å². The molecule has 0 bridgehead atoms. The first-order valence-electron chi connectivity index (χ1n) is 8.11. The minimum Gasteiger partial charge on any atom is -0.331 e. The van der Waals surface area contributed by atoms with Gasteiger partial charge in [0.15, 0.2) is 0 Å². The number of aromatic nitrogens is 2. The van der Waals surface area contributed by atoms with Gasteiger partial charge in [0.25, 0.3) is 0 Å². The minimum atomic E-state index is 0.683. The molecular formula is C18H25N3. The van der Waals surface area contributed by atoms with E-state index < -0.39 is 0 Å². The minimum absolute atomic E-state index is 0.683. The van der Waals surface area contributed by atoms with Crippen LogP contribution < -0.4 is 0 Å². The maximum Gasteiger partial charge on any atom is 0.109 e. The first-order chi connectivity index (χ1) is 10.3. The molecule has 3 nitrogen and oxygen atoms in total. The van der Waals surface area contributed by atoms with Crippen LogP contribution in [0.15, 0.2) is 18.2 Å². The Morgan fingerprint density at radius 3 is 2.52 bits per heavy atom. The Labute approximate surface area is 127 Å². The Bertz CT molecular complexity index is 619. The number of aryl methyl sites for hydroxylation is 2. The maximum atomic E-state index is 8.95. The third-order valence-corrected chi connectivity index (χ3v) is 4.11. The van der Waals surface area contributed by atoms with Gasteiger partial charge in [-0.2, -0.15) is 5.26 Å². The third kappa shape index (κ3) is 4.07. The van der Waals surface area contributed by atoms with Crippen LogP contribution in [0.1, 0.15) is 63.3 Å². The van der Waals surface area contributed by atoms with E-state index in [2.05, 4.69) is 29.6 Å². The molecular weight excluding hydrogens is 258 g/mol. The van der Waals surface area contributed by atoms with E-state index in [-0.39, 0.29) is 0 Å². The lowest BCUT2D eigenvalue weighted by atomic mass is 10.1. The van der Waals surface area contributed by atoms with Crippen molar-refractivity contribution in [3.05, 3.63) is 29.6 Å². The molecule has 0 amide bonds. The molecule has 0 saturated heterocycles. The highest BCUT2D eigenvalue weighted by Gasteiger charge is 2.08. The maximum absolute atomic E-state index is 8.95. The Balaban J connectivity index is 1.88. The highest BCUT2D eigenvalue weighted by Crippen LogP contribution is 2.18.